The number of anilines is 2. The van der Waals surface area contributed by atoms with Gasteiger partial charge in [0.1, 0.15) is 5.58 Å². The van der Waals surface area contributed by atoms with Crippen LogP contribution in [-0.4, -0.2) is 23.9 Å². The van der Waals surface area contributed by atoms with Gasteiger partial charge in [-0.3, -0.25) is 14.6 Å². The first-order valence-corrected chi connectivity index (χ1v) is 10.8. The van der Waals surface area contributed by atoms with E-state index in [0.29, 0.717) is 38.9 Å². The second-order valence-electron chi connectivity index (χ2n) is 8.47. The molecule has 0 aliphatic carbocycles. The van der Waals surface area contributed by atoms with Crippen molar-refractivity contribution in [2.45, 2.75) is 20.8 Å². The van der Waals surface area contributed by atoms with Gasteiger partial charge < -0.3 is 19.8 Å². The Morgan fingerprint density at radius 2 is 1.73 bits per heavy atom. The molecule has 0 unspecified atom stereocenters. The molecule has 4 aromatic rings. The number of rotatable bonds is 4. The molecule has 2 aromatic heterocycles. The zero-order valence-electron chi connectivity index (χ0n) is 18.4. The second-order valence-corrected chi connectivity index (χ2v) is 9.28. The maximum Gasteiger partial charge on any atom is 0.256 e. The van der Waals surface area contributed by atoms with E-state index < -0.39 is 11.3 Å². The molecule has 170 valence electrons. The van der Waals surface area contributed by atoms with E-state index in [1.54, 1.807) is 30.3 Å². The average molecular weight is 486 g/mol. The molecule has 0 aliphatic rings. The van der Waals surface area contributed by atoms with Crippen LogP contribution in [0.5, 0.6) is 5.75 Å². The smallest absolute Gasteiger partial charge is 0.256 e. The Balaban J connectivity index is 1.86. The van der Waals surface area contributed by atoms with E-state index in [-0.39, 0.29) is 21.6 Å². The number of halogens is 2. The number of hydrogen-bond donors (Lipinski definition) is 2. The van der Waals surface area contributed by atoms with Crippen molar-refractivity contribution in [3.8, 4) is 5.75 Å². The van der Waals surface area contributed by atoms with Crippen molar-refractivity contribution in [2.75, 3.05) is 17.7 Å². The van der Waals surface area contributed by atoms with Gasteiger partial charge in [-0.15, -0.1) is 0 Å². The first-order valence-electron chi connectivity index (χ1n) is 10.0. The molecule has 2 amide bonds. The van der Waals surface area contributed by atoms with Crippen LogP contribution in [0.1, 0.15) is 31.1 Å². The van der Waals surface area contributed by atoms with Crippen LogP contribution in [-0.2, 0) is 4.79 Å². The van der Waals surface area contributed by atoms with Crippen molar-refractivity contribution in [3.05, 3.63) is 58.3 Å². The monoisotopic (exact) mass is 485 g/mol. The van der Waals surface area contributed by atoms with Crippen molar-refractivity contribution in [1.82, 2.24) is 4.98 Å². The van der Waals surface area contributed by atoms with Gasteiger partial charge in [0.2, 0.25) is 5.91 Å². The highest BCUT2D eigenvalue weighted by Crippen LogP contribution is 2.39. The Morgan fingerprint density at radius 3 is 2.36 bits per heavy atom. The number of carbonyl (C=O) groups excluding carboxylic acids is 2. The molecule has 2 aromatic carbocycles. The molecule has 9 heteroatoms. The average Bonchev–Trinajstić information content (AvgIpc) is 3.14. The highest BCUT2D eigenvalue weighted by Gasteiger charge is 2.24. The molecule has 0 spiro atoms. The van der Waals surface area contributed by atoms with Gasteiger partial charge in [-0.25, -0.2) is 0 Å². The number of benzene rings is 2. The van der Waals surface area contributed by atoms with Gasteiger partial charge in [0.25, 0.3) is 5.91 Å². The van der Waals surface area contributed by atoms with Gasteiger partial charge in [-0.1, -0.05) is 44.0 Å². The topological polar surface area (TPSA) is 93.5 Å². The summed E-state index contributed by atoms with van der Waals surface area (Å²) in [4.78, 5) is 29.6. The Morgan fingerprint density at radius 1 is 1.03 bits per heavy atom. The molecule has 7 nitrogen and oxygen atoms in total. The van der Waals surface area contributed by atoms with Crippen LogP contribution in [0.3, 0.4) is 0 Å². The molecule has 2 heterocycles. The zero-order chi connectivity index (χ0) is 23.9. The summed E-state index contributed by atoms with van der Waals surface area (Å²) in [6.07, 6.45) is 2.79. The largest absolute Gasteiger partial charge is 0.493 e. The number of aromatic nitrogens is 1. The van der Waals surface area contributed by atoms with Gasteiger partial charge in [-0.2, -0.15) is 0 Å². The summed E-state index contributed by atoms with van der Waals surface area (Å²) in [5.41, 5.74) is 1.55. The number of amides is 2. The third-order valence-corrected chi connectivity index (χ3v) is 5.65. The second kappa shape index (κ2) is 8.57. The molecule has 0 atom stereocenters. The van der Waals surface area contributed by atoms with Crippen LogP contribution in [0.4, 0.5) is 11.4 Å². The lowest BCUT2D eigenvalue weighted by Gasteiger charge is -2.17. The molecular weight excluding hydrogens is 465 g/mol. The van der Waals surface area contributed by atoms with Gasteiger partial charge >= 0.3 is 0 Å². The molecule has 0 radical (unpaired) electrons. The molecule has 4 rings (SSSR count). The number of carbonyl (C=O) groups is 2. The van der Waals surface area contributed by atoms with Crippen molar-refractivity contribution in [1.29, 1.82) is 0 Å². The van der Waals surface area contributed by atoms with E-state index >= 15 is 0 Å². The summed E-state index contributed by atoms with van der Waals surface area (Å²) in [5, 5.41) is 7.27. The fourth-order valence-corrected chi connectivity index (χ4v) is 3.77. The predicted octanol–water partition coefficient (Wildman–Crippen LogP) is 6.53. The number of furan rings is 1. The SMILES string of the molecule is COc1ccc(C(=O)Nc2c(Cl)cncc2Cl)c2c1oc1ccc(NC(=O)C(C)(C)C)cc12. The number of fused-ring (bicyclic) bond motifs is 3. The maximum atomic E-state index is 13.3. The van der Waals surface area contributed by atoms with E-state index in [2.05, 4.69) is 15.6 Å². The first-order chi connectivity index (χ1) is 15.6. The summed E-state index contributed by atoms with van der Waals surface area (Å²) in [6, 6.07) is 8.54. The third-order valence-electron chi connectivity index (χ3n) is 5.08. The van der Waals surface area contributed by atoms with Crippen LogP contribution in [0.2, 0.25) is 10.0 Å². The van der Waals surface area contributed by atoms with Crippen molar-refractivity contribution >= 4 is 68.3 Å². The quantitative estimate of drug-likeness (QED) is 0.342. The molecule has 0 saturated carbocycles. The lowest BCUT2D eigenvalue weighted by Crippen LogP contribution is -2.27. The highest BCUT2D eigenvalue weighted by molar-refractivity contribution is 6.40. The normalized spacial score (nSPS) is 11.6. The minimum absolute atomic E-state index is 0.132. The van der Waals surface area contributed by atoms with Crippen molar-refractivity contribution in [2.24, 2.45) is 5.41 Å². The molecule has 0 aliphatic heterocycles. The lowest BCUT2D eigenvalue weighted by atomic mass is 9.95. The van der Waals surface area contributed by atoms with Crippen molar-refractivity contribution in [3.63, 3.8) is 0 Å². The number of hydrogen-bond acceptors (Lipinski definition) is 5. The van der Waals surface area contributed by atoms with E-state index in [9.17, 15) is 9.59 Å². The predicted molar refractivity (Wildman–Crippen MR) is 131 cm³/mol. The standard InChI is InChI=1S/C24H21Cl2N3O4/c1-24(2,3)23(31)28-12-5-7-17-14(9-12)19-13(6-8-18(32-4)21(19)33-17)22(30)29-20-15(25)10-27-11-16(20)26/h5-11H,1-4H3,(H,28,31)(H,27,29,30). The van der Waals surface area contributed by atoms with Crippen LogP contribution in [0.25, 0.3) is 21.9 Å². The fourth-order valence-electron chi connectivity index (χ4n) is 3.31. The van der Waals surface area contributed by atoms with Crippen LogP contribution >= 0.6 is 23.2 Å². The Hall–Kier alpha value is -3.29. The summed E-state index contributed by atoms with van der Waals surface area (Å²) in [7, 11) is 1.52. The van der Waals surface area contributed by atoms with Crippen LogP contribution < -0.4 is 15.4 Å². The van der Waals surface area contributed by atoms with Gasteiger partial charge in [0, 0.05) is 34.3 Å². The molecule has 0 saturated heterocycles. The molecule has 2 N–H and O–H groups in total. The fraction of sp³-hybridized carbons (Fsp3) is 0.208. The van der Waals surface area contributed by atoms with E-state index in [1.807, 2.05) is 20.8 Å². The molecule has 33 heavy (non-hydrogen) atoms. The van der Waals surface area contributed by atoms with Crippen LogP contribution in [0.15, 0.2) is 47.1 Å². The van der Waals surface area contributed by atoms with Gasteiger partial charge in [0.05, 0.1) is 28.4 Å². The minimum atomic E-state index is -0.565. The molecular formula is C24H21Cl2N3O4. The van der Waals surface area contributed by atoms with E-state index in [4.69, 9.17) is 32.4 Å². The molecule has 0 bridgehead atoms. The zero-order valence-corrected chi connectivity index (χ0v) is 19.9. The van der Waals surface area contributed by atoms with Crippen molar-refractivity contribution < 1.29 is 18.7 Å². The summed E-state index contributed by atoms with van der Waals surface area (Å²) in [6.45, 7) is 5.49. The minimum Gasteiger partial charge on any atom is -0.493 e. The Bertz CT molecular complexity index is 1390. The molecule has 0 fully saturated rings. The third kappa shape index (κ3) is 4.34. The number of nitrogens with one attached hydrogen (secondary N) is 2. The lowest BCUT2D eigenvalue weighted by molar-refractivity contribution is -0.123. The Kier molecular flexibility index (Phi) is 5.95. The number of nitrogens with zero attached hydrogens (tertiary/aromatic N) is 1. The Labute approximate surface area is 200 Å². The maximum absolute atomic E-state index is 13.3. The van der Waals surface area contributed by atoms with Gasteiger partial charge in [-0.05, 0) is 30.3 Å². The van der Waals surface area contributed by atoms with Crippen LogP contribution in [0, 0.1) is 5.41 Å². The summed E-state index contributed by atoms with van der Waals surface area (Å²) < 4.78 is 11.5. The summed E-state index contributed by atoms with van der Waals surface area (Å²) in [5.74, 6) is -0.102. The number of ether oxygens (including phenoxy) is 1. The van der Waals surface area contributed by atoms with E-state index in [1.165, 1.54) is 19.5 Å². The number of methoxy groups -OCH3 is 1. The highest BCUT2D eigenvalue weighted by atomic mass is 35.5. The first kappa shape index (κ1) is 22.9. The van der Waals surface area contributed by atoms with E-state index in [0.717, 1.165) is 0 Å². The summed E-state index contributed by atoms with van der Waals surface area (Å²) >= 11 is 12.3. The van der Waals surface area contributed by atoms with Gasteiger partial charge in [0.15, 0.2) is 11.3 Å². The number of pyridine rings is 1.